The van der Waals surface area contributed by atoms with Gasteiger partial charge in [-0.2, -0.15) is 0 Å². The number of aromatic nitrogens is 3. The first-order valence-corrected chi connectivity index (χ1v) is 20.3. The van der Waals surface area contributed by atoms with E-state index in [2.05, 4.69) is 64.9 Å². The van der Waals surface area contributed by atoms with Gasteiger partial charge in [0.1, 0.15) is 0 Å². The lowest BCUT2D eigenvalue weighted by molar-refractivity contribution is -0.137. The van der Waals surface area contributed by atoms with Crippen molar-refractivity contribution in [3.8, 4) is 0 Å². The first-order chi connectivity index (χ1) is 26.8. The maximum absolute atomic E-state index is 13.5. The van der Waals surface area contributed by atoms with Crippen LogP contribution in [0.3, 0.4) is 0 Å². The van der Waals surface area contributed by atoms with Gasteiger partial charge in [0.05, 0.1) is 16.8 Å². The molecule has 0 bridgehead atoms. The Morgan fingerprint density at radius 2 is 1.18 bits per heavy atom. The minimum atomic E-state index is -0.592. The highest BCUT2D eigenvalue weighted by Crippen LogP contribution is 2.44. The van der Waals surface area contributed by atoms with Crippen LogP contribution in [0.15, 0.2) is 97.6 Å². The Hall–Kier alpha value is -4.62. The molecule has 0 spiro atoms. The van der Waals surface area contributed by atoms with Gasteiger partial charge in [0.15, 0.2) is 0 Å². The highest BCUT2D eigenvalue weighted by molar-refractivity contribution is 6.31. The predicted molar refractivity (Wildman–Crippen MR) is 225 cm³/mol. The van der Waals surface area contributed by atoms with E-state index < -0.39 is 5.41 Å². The van der Waals surface area contributed by atoms with Crippen LogP contribution in [0.25, 0.3) is 24.3 Å². The predicted octanol–water partition coefficient (Wildman–Crippen LogP) is 10.3. The molecule has 3 aromatic heterocycles. The summed E-state index contributed by atoms with van der Waals surface area (Å²) in [6, 6.07) is 24.6. The molecule has 2 aliphatic heterocycles. The van der Waals surface area contributed by atoms with Gasteiger partial charge in [0, 0.05) is 59.8 Å². The van der Waals surface area contributed by atoms with E-state index in [-0.39, 0.29) is 11.8 Å². The first-order valence-electron chi connectivity index (χ1n) is 19.5. The Balaban J connectivity index is 0.000000168. The lowest BCUT2D eigenvalue weighted by atomic mass is 9.75. The normalized spacial score (nSPS) is 19.5. The summed E-state index contributed by atoms with van der Waals surface area (Å²) < 4.78 is 0. The number of benzene rings is 2. The van der Waals surface area contributed by atoms with Crippen molar-refractivity contribution in [3.05, 3.63) is 158 Å². The summed E-state index contributed by atoms with van der Waals surface area (Å²) >= 11 is 12.5. The molecule has 280 valence electrons. The molecule has 0 saturated carbocycles. The summed E-state index contributed by atoms with van der Waals surface area (Å²) in [5, 5.41) is 5.01. The van der Waals surface area contributed by atoms with Crippen molar-refractivity contribution >= 4 is 53.4 Å². The monoisotopic (exact) mass is 767 g/mol. The fraction of sp³-hybridized carbons (Fsp3) is 0.319. The number of pyridine rings is 3. The highest BCUT2D eigenvalue weighted by atomic mass is 35.5. The second-order valence-electron chi connectivity index (χ2n) is 15.7. The Labute approximate surface area is 334 Å². The Bertz CT molecular complexity index is 2220. The van der Waals surface area contributed by atoms with E-state index in [1.54, 1.807) is 12.4 Å². The summed E-state index contributed by atoms with van der Waals surface area (Å²) in [4.78, 5) is 29.3. The van der Waals surface area contributed by atoms with Gasteiger partial charge in [-0.05, 0) is 146 Å². The number of rotatable bonds is 4. The number of halogens is 2. The van der Waals surface area contributed by atoms with Crippen molar-refractivity contribution in [2.24, 2.45) is 11.8 Å². The second kappa shape index (κ2) is 16.2. The number of likely N-dealkylation sites (tertiary alicyclic amines) is 1. The molecule has 1 N–H and O–H groups in total. The zero-order valence-electron chi connectivity index (χ0n) is 31.5. The van der Waals surface area contributed by atoms with Crippen LogP contribution in [0, 0.1) is 11.8 Å². The molecular formula is C47H47Cl2N5O. The average molecular weight is 769 g/mol. The minimum absolute atomic E-state index is 0.169. The molecule has 2 aliphatic carbocycles. The second-order valence-corrected chi connectivity index (χ2v) is 16.6. The third-order valence-corrected chi connectivity index (χ3v) is 12.5. The number of nitrogens with one attached hydrogen (secondary N) is 1. The number of piperidine rings is 2. The summed E-state index contributed by atoms with van der Waals surface area (Å²) in [5.41, 5.74) is 10.1. The SMILES string of the molecule is CC(C)(C(=O)N1CCC(C2c3ccc(Cl)cc3C=Cc3cccnc32)CC1)c1cccnc1.Clc1ccc2c(c1)C=Cc1cccnc1C2C1CCNCC1. The molecule has 4 aliphatic rings. The van der Waals surface area contributed by atoms with Crippen molar-refractivity contribution < 1.29 is 4.79 Å². The molecule has 2 saturated heterocycles. The van der Waals surface area contributed by atoms with Gasteiger partial charge in [-0.1, -0.05) is 77.8 Å². The van der Waals surface area contributed by atoms with Crippen molar-refractivity contribution in [1.82, 2.24) is 25.2 Å². The zero-order chi connectivity index (χ0) is 37.9. The van der Waals surface area contributed by atoms with Gasteiger partial charge in [-0.25, -0.2) is 0 Å². The van der Waals surface area contributed by atoms with Crippen LogP contribution in [0.2, 0.25) is 10.0 Å². The topological polar surface area (TPSA) is 71.0 Å². The van der Waals surface area contributed by atoms with Gasteiger partial charge < -0.3 is 10.2 Å². The molecule has 5 aromatic rings. The van der Waals surface area contributed by atoms with Crippen LogP contribution in [0.5, 0.6) is 0 Å². The van der Waals surface area contributed by atoms with Crippen LogP contribution >= 0.6 is 23.2 Å². The summed E-state index contributed by atoms with van der Waals surface area (Å²) in [6.45, 7) is 7.69. The number of fused-ring (bicyclic) bond motifs is 4. The van der Waals surface area contributed by atoms with E-state index in [4.69, 9.17) is 33.2 Å². The minimum Gasteiger partial charge on any atom is -0.342 e. The van der Waals surface area contributed by atoms with Crippen molar-refractivity contribution in [2.75, 3.05) is 26.2 Å². The third kappa shape index (κ3) is 7.78. The maximum atomic E-state index is 13.5. The summed E-state index contributed by atoms with van der Waals surface area (Å²) in [7, 11) is 0. The molecule has 2 aromatic carbocycles. The Morgan fingerprint density at radius 1 is 0.673 bits per heavy atom. The number of hydrogen-bond acceptors (Lipinski definition) is 5. The molecule has 5 heterocycles. The van der Waals surface area contributed by atoms with E-state index in [1.165, 1.54) is 40.8 Å². The molecule has 2 atom stereocenters. The molecule has 8 heteroatoms. The molecule has 1 amide bonds. The van der Waals surface area contributed by atoms with E-state index in [0.717, 1.165) is 71.5 Å². The van der Waals surface area contributed by atoms with Gasteiger partial charge in [0.25, 0.3) is 0 Å². The molecule has 9 rings (SSSR count). The van der Waals surface area contributed by atoms with Crippen LogP contribution in [-0.4, -0.2) is 51.9 Å². The van der Waals surface area contributed by atoms with E-state index >= 15 is 0 Å². The van der Waals surface area contributed by atoms with E-state index in [0.29, 0.717) is 17.8 Å². The molecule has 2 fully saturated rings. The van der Waals surface area contributed by atoms with Crippen molar-refractivity contribution in [2.45, 2.75) is 56.8 Å². The third-order valence-electron chi connectivity index (χ3n) is 12.1. The molecular weight excluding hydrogens is 721 g/mol. The van der Waals surface area contributed by atoms with Gasteiger partial charge >= 0.3 is 0 Å². The Kier molecular flexibility index (Phi) is 11.0. The van der Waals surface area contributed by atoms with Crippen molar-refractivity contribution in [3.63, 3.8) is 0 Å². The average Bonchev–Trinajstić information content (AvgIpc) is 3.49. The highest BCUT2D eigenvalue weighted by Gasteiger charge is 2.39. The smallest absolute Gasteiger partial charge is 0.232 e. The number of amides is 1. The van der Waals surface area contributed by atoms with Crippen LogP contribution in [-0.2, 0) is 10.2 Å². The fourth-order valence-corrected chi connectivity index (χ4v) is 9.44. The van der Waals surface area contributed by atoms with Gasteiger partial charge in [-0.3, -0.25) is 19.7 Å². The number of nitrogens with zero attached hydrogens (tertiary/aromatic N) is 4. The maximum Gasteiger partial charge on any atom is 0.232 e. The summed E-state index contributed by atoms with van der Waals surface area (Å²) in [6.07, 6.45) is 20.3. The van der Waals surface area contributed by atoms with Gasteiger partial charge in [-0.15, -0.1) is 0 Å². The molecule has 0 radical (unpaired) electrons. The van der Waals surface area contributed by atoms with E-state index in [9.17, 15) is 4.79 Å². The number of carbonyl (C=O) groups excluding carboxylic acids is 1. The standard InChI is InChI=1S/C28H28ClN3O.C19H19ClN2/c1-28(2,22-6-4-13-30-18-22)27(33)32-15-11-19(12-16-32)25-24-10-9-23(29)17-21(24)8-7-20-5-3-14-31-26(20)25;20-16-5-6-17-15(12-16)4-3-14-2-1-9-22-19(14)18(17)13-7-10-21-11-8-13/h3-10,13-14,17-19,25H,11-12,15-16H2,1-2H3;1-6,9,12-13,18,21H,7-8,10-11H2. The molecule has 55 heavy (non-hydrogen) atoms. The number of carbonyl (C=O) groups is 1. The lowest BCUT2D eigenvalue weighted by Crippen LogP contribution is -2.47. The lowest BCUT2D eigenvalue weighted by Gasteiger charge is -2.39. The number of hydrogen-bond donors (Lipinski definition) is 1. The van der Waals surface area contributed by atoms with E-state index in [1.807, 2.05) is 73.6 Å². The van der Waals surface area contributed by atoms with Gasteiger partial charge in [0.2, 0.25) is 5.91 Å². The van der Waals surface area contributed by atoms with Crippen LogP contribution in [0.1, 0.15) is 102 Å². The summed E-state index contributed by atoms with van der Waals surface area (Å²) in [5.74, 6) is 1.76. The Morgan fingerprint density at radius 3 is 1.71 bits per heavy atom. The van der Waals surface area contributed by atoms with Crippen LogP contribution in [0.4, 0.5) is 0 Å². The quantitative estimate of drug-likeness (QED) is 0.197. The first kappa shape index (κ1) is 37.3. The fourth-order valence-electron chi connectivity index (χ4n) is 9.08. The zero-order valence-corrected chi connectivity index (χ0v) is 33.0. The van der Waals surface area contributed by atoms with Crippen LogP contribution < -0.4 is 5.32 Å². The molecule has 6 nitrogen and oxygen atoms in total. The van der Waals surface area contributed by atoms with Crippen molar-refractivity contribution in [1.29, 1.82) is 0 Å². The molecule has 2 unspecified atom stereocenters. The largest absolute Gasteiger partial charge is 0.342 e.